The quantitative estimate of drug-likeness (QED) is 0.141. The minimum Gasteiger partial charge on any atom is -0.370 e. The number of non-ortho nitro benzene ring substituents is 1. The van der Waals surface area contributed by atoms with Gasteiger partial charge in [0.1, 0.15) is 5.82 Å². The normalized spacial score (nSPS) is 11.6. The fraction of sp³-hybridized carbons (Fsp3) is 0.375. The van der Waals surface area contributed by atoms with Gasteiger partial charge in [-0.1, -0.05) is 12.1 Å². The lowest BCUT2D eigenvalue weighted by Gasteiger charge is -2.18. The monoisotopic (exact) mass is 569 g/mol. The number of halogens is 3. The first kappa shape index (κ1) is 31.5. The fourth-order valence-corrected chi connectivity index (χ4v) is 3.21. The highest BCUT2D eigenvalue weighted by Gasteiger charge is 2.43. The molecule has 0 aliphatic heterocycles. The van der Waals surface area contributed by atoms with Crippen LogP contribution >= 0.6 is 0 Å². The maximum Gasteiger partial charge on any atom is 0.495 e. The molecule has 0 bridgehead atoms. The minimum absolute atomic E-state index is 0.0311. The van der Waals surface area contributed by atoms with E-state index in [-0.39, 0.29) is 12.0 Å². The van der Waals surface area contributed by atoms with E-state index in [0.717, 1.165) is 17.7 Å². The summed E-state index contributed by atoms with van der Waals surface area (Å²) in [6, 6.07) is 7.14. The summed E-state index contributed by atoms with van der Waals surface area (Å²) in [5.74, 6) is -4.79. The van der Waals surface area contributed by atoms with Crippen molar-refractivity contribution in [3.63, 3.8) is 0 Å². The van der Waals surface area contributed by atoms with Gasteiger partial charge in [0.25, 0.3) is 5.69 Å². The van der Waals surface area contributed by atoms with Crippen LogP contribution in [0.5, 0.6) is 0 Å². The van der Waals surface area contributed by atoms with Gasteiger partial charge in [-0.05, 0) is 43.0 Å². The molecule has 0 aliphatic carbocycles. The van der Waals surface area contributed by atoms with Gasteiger partial charge in [-0.2, -0.15) is 13.2 Å². The summed E-state index contributed by atoms with van der Waals surface area (Å²) in [4.78, 5) is 69.1. The molecule has 1 atom stereocenters. The molecular formula is C24H26F3N5O8. The summed E-state index contributed by atoms with van der Waals surface area (Å²) in [6.07, 6.45) is -3.33. The number of amides is 2. The number of rotatable bonds is 13. The third-order valence-corrected chi connectivity index (χ3v) is 5.13. The molecule has 0 radical (unpaired) electrons. The van der Waals surface area contributed by atoms with Crippen LogP contribution in [0.25, 0.3) is 0 Å². The van der Waals surface area contributed by atoms with Crippen LogP contribution in [0, 0.1) is 17.0 Å². The molecule has 0 aliphatic rings. The number of alkyl halides is 3. The van der Waals surface area contributed by atoms with E-state index in [1.807, 2.05) is 19.1 Å². The first-order valence-electron chi connectivity index (χ1n) is 11.8. The number of anilines is 1. The third kappa shape index (κ3) is 11.3. The van der Waals surface area contributed by atoms with Gasteiger partial charge in [0.05, 0.1) is 23.9 Å². The van der Waals surface area contributed by atoms with Crippen molar-refractivity contribution in [2.24, 2.45) is 0 Å². The van der Waals surface area contributed by atoms with Gasteiger partial charge >= 0.3 is 18.1 Å². The second kappa shape index (κ2) is 15.0. The summed E-state index contributed by atoms with van der Waals surface area (Å²) < 4.78 is 36.7. The molecule has 1 unspecified atom stereocenters. The lowest BCUT2D eigenvalue weighted by atomic mass is 10.0. The highest BCUT2D eigenvalue weighted by Crippen LogP contribution is 2.23. The predicted molar refractivity (Wildman–Crippen MR) is 131 cm³/mol. The first-order valence-corrected chi connectivity index (χ1v) is 11.8. The second-order valence-corrected chi connectivity index (χ2v) is 8.38. The smallest absolute Gasteiger partial charge is 0.370 e. The lowest BCUT2D eigenvalue weighted by molar-refractivity contribution is -0.384. The maximum absolute atomic E-state index is 12.4. The zero-order chi connectivity index (χ0) is 29.7. The van der Waals surface area contributed by atoms with Crippen molar-refractivity contribution in [2.75, 3.05) is 18.4 Å². The highest BCUT2D eigenvalue weighted by molar-refractivity contribution is 5.85. The molecule has 0 fully saturated rings. The van der Waals surface area contributed by atoms with Crippen molar-refractivity contribution in [3.8, 4) is 0 Å². The minimum atomic E-state index is -5.42. The molecule has 2 aromatic rings. The van der Waals surface area contributed by atoms with Gasteiger partial charge in [0, 0.05) is 31.3 Å². The number of aromatic nitrogens is 1. The molecule has 3 N–H and O–H groups in total. The van der Waals surface area contributed by atoms with Gasteiger partial charge in [-0.3, -0.25) is 19.7 Å². The Bertz CT molecular complexity index is 1220. The van der Waals surface area contributed by atoms with Gasteiger partial charge in [0.2, 0.25) is 11.8 Å². The van der Waals surface area contributed by atoms with E-state index in [0.29, 0.717) is 25.2 Å². The Morgan fingerprint density at radius 3 is 2.50 bits per heavy atom. The Morgan fingerprint density at radius 1 is 1.07 bits per heavy atom. The van der Waals surface area contributed by atoms with Crippen molar-refractivity contribution in [3.05, 3.63) is 63.8 Å². The van der Waals surface area contributed by atoms with Crippen LogP contribution < -0.4 is 16.0 Å². The molecule has 1 aromatic carbocycles. The Kier molecular flexibility index (Phi) is 11.8. The molecule has 1 aromatic heterocycles. The number of nitrogens with zero attached hydrogens (tertiary/aromatic N) is 2. The van der Waals surface area contributed by atoms with Crippen LogP contribution in [0.1, 0.15) is 42.9 Å². The number of unbranched alkanes of at least 4 members (excludes halogenated alkanes) is 1. The number of aryl methyl sites for hydroxylation is 1. The number of benzene rings is 1. The number of nitro groups is 1. The number of hydrogen-bond donors (Lipinski definition) is 3. The Morgan fingerprint density at radius 2 is 1.82 bits per heavy atom. The molecule has 16 heteroatoms. The largest absolute Gasteiger partial charge is 0.495 e. The van der Waals surface area contributed by atoms with Gasteiger partial charge in [0.15, 0.2) is 0 Å². The van der Waals surface area contributed by atoms with E-state index < -0.39 is 59.5 Å². The Hall–Kier alpha value is -4.76. The number of nitrogens with one attached hydrogen (secondary N) is 3. The van der Waals surface area contributed by atoms with Crippen molar-refractivity contribution in [2.45, 2.75) is 44.8 Å². The lowest BCUT2D eigenvalue weighted by Crippen LogP contribution is -2.39. The molecule has 0 spiro atoms. The second-order valence-electron chi connectivity index (χ2n) is 8.38. The van der Waals surface area contributed by atoms with Crippen LogP contribution in [0.2, 0.25) is 0 Å². The van der Waals surface area contributed by atoms with E-state index in [1.165, 1.54) is 12.1 Å². The highest BCUT2D eigenvalue weighted by atomic mass is 19.4. The molecular weight excluding hydrogens is 543 g/mol. The fourth-order valence-electron chi connectivity index (χ4n) is 3.21. The molecule has 0 saturated heterocycles. The van der Waals surface area contributed by atoms with Crippen LogP contribution in [-0.4, -0.2) is 52.9 Å². The summed E-state index contributed by atoms with van der Waals surface area (Å²) in [5.41, 5.74) is 0.683. The van der Waals surface area contributed by atoms with Gasteiger partial charge in [-0.25, -0.2) is 24.3 Å². The maximum atomic E-state index is 12.4. The number of carbonyl (C=O) groups excluding carboxylic acids is 4. The SMILES string of the molecule is Cc1ccnc(NCCCCC(=O)NCC(=O)NC(CC(=O)OOC(=O)C(F)(F)F)c2cccc([N+](=O)[O-])c2)c1. The van der Waals surface area contributed by atoms with E-state index in [1.54, 1.807) is 6.20 Å². The number of carbonyl (C=O) groups is 4. The average molecular weight is 569 g/mol. The molecule has 2 rings (SSSR count). The molecule has 40 heavy (non-hydrogen) atoms. The molecule has 2 amide bonds. The average Bonchev–Trinajstić information content (AvgIpc) is 2.89. The molecule has 0 saturated carbocycles. The van der Waals surface area contributed by atoms with Crippen LogP contribution in [0.4, 0.5) is 24.7 Å². The van der Waals surface area contributed by atoms with E-state index in [9.17, 15) is 42.5 Å². The van der Waals surface area contributed by atoms with Crippen molar-refractivity contribution >= 4 is 35.3 Å². The number of nitro benzene ring substituents is 1. The summed E-state index contributed by atoms with van der Waals surface area (Å²) in [7, 11) is 0. The first-order chi connectivity index (χ1) is 18.8. The Labute approximate surface area is 225 Å². The molecule has 216 valence electrons. The zero-order valence-electron chi connectivity index (χ0n) is 21.2. The van der Waals surface area contributed by atoms with Crippen molar-refractivity contribution < 1.29 is 47.0 Å². The van der Waals surface area contributed by atoms with Gasteiger partial charge in [-0.15, -0.1) is 0 Å². The summed E-state index contributed by atoms with van der Waals surface area (Å²) >= 11 is 0. The van der Waals surface area contributed by atoms with Crippen LogP contribution in [-0.2, 0) is 29.0 Å². The summed E-state index contributed by atoms with van der Waals surface area (Å²) in [6.45, 7) is 1.98. The van der Waals surface area contributed by atoms with E-state index >= 15 is 0 Å². The van der Waals surface area contributed by atoms with E-state index in [4.69, 9.17) is 0 Å². The van der Waals surface area contributed by atoms with Gasteiger partial charge < -0.3 is 16.0 Å². The Balaban J connectivity index is 1.87. The number of hydrogen-bond acceptors (Lipinski definition) is 10. The number of pyridine rings is 1. The summed E-state index contributed by atoms with van der Waals surface area (Å²) in [5, 5.41) is 19.0. The standard InChI is InChI=1S/C24H26F3N5O8/c1-15-8-10-29-19(11-15)28-9-3-2-7-20(33)30-14-21(34)31-18(16-5-4-6-17(12-16)32(37)38)13-22(35)39-40-23(36)24(25,26)27/h4-6,8,10-12,18H,2-3,7,9,13-14H2,1H3,(H,28,29)(H,30,33)(H,31,34). The topological polar surface area (TPSA) is 179 Å². The van der Waals surface area contributed by atoms with Crippen LogP contribution in [0.3, 0.4) is 0 Å². The van der Waals surface area contributed by atoms with E-state index in [2.05, 4.69) is 30.7 Å². The van der Waals surface area contributed by atoms with Crippen LogP contribution in [0.15, 0.2) is 42.6 Å². The predicted octanol–water partition coefficient (Wildman–Crippen LogP) is 2.81. The third-order valence-electron chi connectivity index (χ3n) is 5.13. The molecule has 1 heterocycles. The zero-order valence-corrected chi connectivity index (χ0v) is 21.2. The molecule has 13 nitrogen and oxygen atoms in total. The van der Waals surface area contributed by atoms with Crippen molar-refractivity contribution in [1.82, 2.24) is 15.6 Å². The van der Waals surface area contributed by atoms with Crippen molar-refractivity contribution in [1.29, 1.82) is 0 Å².